The first-order chi connectivity index (χ1) is 12.8. The molecule has 1 heterocycles. The van der Waals surface area contributed by atoms with Crippen LogP contribution < -0.4 is 10.5 Å². The second kappa shape index (κ2) is 7.67. The molecule has 6 nitrogen and oxygen atoms in total. The summed E-state index contributed by atoms with van der Waals surface area (Å²) in [5.74, 6) is -0.647. The molecule has 2 aromatic carbocycles. The minimum absolute atomic E-state index is 0.163. The van der Waals surface area contributed by atoms with Gasteiger partial charge in [0, 0.05) is 12.1 Å². The average Bonchev–Trinajstić information content (AvgIpc) is 2.97. The molecule has 142 valence electrons. The van der Waals surface area contributed by atoms with Crippen LogP contribution >= 0.6 is 0 Å². The maximum atomic E-state index is 12.2. The number of halogens is 3. The van der Waals surface area contributed by atoms with Crippen LogP contribution in [-0.2, 0) is 13.2 Å². The van der Waals surface area contributed by atoms with Crippen molar-refractivity contribution in [2.75, 3.05) is 7.05 Å². The summed E-state index contributed by atoms with van der Waals surface area (Å²) in [6.45, 7) is 0.558. The van der Waals surface area contributed by atoms with E-state index in [2.05, 4.69) is 9.84 Å². The van der Waals surface area contributed by atoms with E-state index in [0.29, 0.717) is 12.1 Å². The molecule has 0 amide bonds. The van der Waals surface area contributed by atoms with E-state index >= 15 is 0 Å². The van der Waals surface area contributed by atoms with Crippen molar-refractivity contribution in [3.05, 3.63) is 70.7 Å². The predicted octanol–water partition coefficient (Wildman–Crippen LogP) is 3.49. The zero-order chi connectivity index (χ0) is 19.4. The molecule has 0 saturated heterocycles. The summed E-state index contributed by atoms with van der Waals surface area (Å²) < 4.78 is 46.7. The Balaban J connectivity index is 1.63. The highest BCUT2D eigenvalue weighted by Crippen LogP contribution is 2.23. The Morgan fingerprint density at radius 2 is 1.78 bits per heavy atom. The number of rotatable bonds is 6. The molecule has 1 aromatic heterocycles. The zero-order valence-corrected chi connectivity index (χ0v) is 14.3. The Bertz CT molecular complexity index is 934. The van der Waals surface area contributed by atoms with Gasteiger partial charge in [0.15, 0.2) is 0 Å². The topological polar surface area (TPSA) is 60.5 Å². The maximum Gasteiger partial charge on any atom is 0.573 e. The molecule has 27 heavy (non-hydrogen) atoms. The molecule has 0 atom stereocenters. The SMILES string of the molecule is CN(Cc1ccc(OC(F)(F)F)cc1)Cn1nc(-c2ccccc2)oc1=O. The summed E-state index contributed by atoms with van der Waals surface area (Å²) in [6.07, 6.45) is -4.72. The number of alkyl halides is 3. The highest BCUT2D eigenvalue weighted by atomic mass is 19.4. The number of hydrogen-bond donors (Lipinski definition) is 0. The van der Waals surface area contributed by atoms with Crippen LogP contribution in [0.1, 0.15) is 5.56 Å². The Morgan fingerprint density at radius 3 is 2.41 bits per heavy atom. The van der Waals surface area contributed by atoms with Gasteiger partial charge in [-0.1, -0.05) is 30.3 Å². The van der Waals surface area contributed by atoms with Gasteiger partial charge < -0.3 is 9.15 Å². The lowest BCUT2D eigenvalue weighted by molar-refractivity contribution is -0.274. The molecule has 0 N–H and O–H groups in total. The van der Waals surface area contributed by atoms with Gasteiger partial charge in [-0.05, 0) is 36.9 Å². The summed E-state index contributed by atoms with van der Waals surface area (Å²) in [5.41, 5.74) is 1.45. The van der Waals surface area contributed by atoms with Crippen molar-refractivity contribution in [2.45, 2.75) is 19.6 Å². The largest absolute Gasteiger partial charge is 0.573 e. The van der Waals surface area contributed by atoms with Gasteiger partial charge in [0.25, 0.3) is 0 Å². The van der Waals surface area contributed by atoms with E-state index in [-0.39, 0.29) is 18.3 Å². The highest BCUT2D eigenvalue weighted by Gasteiger charge is 2.30. The van der Waals surface area contributed by atoms with Crippen LogP contribution in [0.5, 0.6) is 5.75 Å². The Hall–Kier alpha value is -3.07. The fraction of sp³-hybridized carbons (Fsp3) is 0.222. The van der Waals surface area contributed by atoms with Crippen molar-refractivity contribution in [3.63, 3.8) is 0 Å². The summed E-state index contributed by atoms with van der Waals surface area (Å²) in [5, 5.41) is 4.17. The quantitative estimate of drug-likeness (QED) is 0.656. The minimum Gasteiger partial charge on any atom is -0.406 e. The fourth-order valence-electron chi connectivity index (χ4n) is 2.48. The third-order valence-electron chi connectivity index (χ3n) is 3.61. The van der Waals surface area contributed by atoms with Crippen LogP contribution in [0.3, 0.4) is 0 Å². The molecule has 0 unspecified atom stereocenters. The second-order valence-corrected chi connectivity index (χ2v) is 5.89. The molecule has 0 aliphatic heterocycles. The monoisotopic (exact) mass is 379 g/mol. The van der Waals surface area contributed by atoms with Crippen molar-refractivity contribution in [2.24, 2.45) is 0 Å². The number of aromatic nitrogens is 2. The highest BCUT2D eigenvalue weighted by molar-refractivity contribution is 5.51. The van der Waals surface area contributed by atoms with Crippen molar-refractivity contribution < 1.29 is 22.3 Å². The lowest BCUT2D eigenvalue weighted by Crippen LogP contribution is -2.28. The molecule has 0 radical (unpaired) electrons. The smallest absolute Gasteiger partial charge is 0.406 e. The molecule has 3 aromatic rings. The molecule has 0 spiro atoms. The van der Waals surface area contributed by atoms with Gasteiger partial charge in [-0.3, -0.25) is 4.90 Å². The fourth-order valence-corrected chi connectivity index (χ4v) is 2.48. The van der Waals surface area contributed by atoms with Crippen molar-refractivity contribution >= 4 is 0 Å². The van der Waals surface area contributed by atoms with Gasteiger partial charge in [0.2, 0.25) is 5.89 Å². The van der Waals surface area contributed by atoms with E-state index in [4.69, 9.17) is 4.42 Å². The van der Waals surface area contributed by atoms with E-state index in [0.717, 1.165) is 5.56 Å². The van der Waals surface area contributed by atoms with E-state index < -0.39 is 12.1 Å². The Morgan fingerprint density at radius 1 is 1.11 bits per heavy atom. The molecular formula is C18H16F3N3O3. The molecule has 0 fully saturated rings. The standard InChI is InChI=1S/C18H16F3N3O3/c1-23(11-13-7-9-15(10-8-13)27-18(19,20)21)12-24-17(25)26-16(22-24)14-5-3-2-4-6-14/h2-10H,11-12H2,1H3. The predicted molar refractivity (Wildman–Crippen MR) is 90.8 cm³/mol. The average molecular weight is 379 g/mol. The molecular weight excluding hydrogens is 363 g/mol. The van der Waals surface area contributed by atoms with E-state index in [9.17, 15) is 18.0 Å². The van der Waals surface area contributed by atoms with Gasteiger partial charge in [0.05, 0.1) is 0 Å². The summed E-state index contributed by atoms with van der Waals surface area (Å²) >= 11 is 0. The summed E-state index contributed by atoms with van der Waals surface area (Å²) in [6, 6.07) is 14.6. The normalized spacial score (nSPS) is 11.7. The van der Waals surface area contributed by atoms with Gasteiger partial charge in [0.1, 0.15) is 12.4 Å². The zero-order valence-electron chi connectivity index (χ0n) is 14.3. The Kier molecular flexibility index (Phi) is 5.31. The van der Waals surface area contributed by atoms with Crippen LogP contribution in [0.4, 0.5) is 13.2 Å². The lowest BCUT2D eigenvalue weighted by atomic mass is 10.2. The number of hydrogen-bond acceptors (Lipinski definition) is 5. The molecule has 3 rings (SSSR count). The molecule has 0 aliphatic rings. The van der Waals surface area contributed by atoms with Crippen molar-refractivity contribution in [1.29, 1.82) is 0 Å². The first-order valence-corrected chi connectivity index (χ1v) is 7.97. The van der Waals surface area contributed by atoms with Crippen molar-refractivity contribution in [3.8, 4) is 17.2 Å². The minimum atomic E-state index is -4.72. The molecule has 0 bridgehead atoms. The van der Waals surface area contributed by atoms with Crippen LogP contribution in [0.2, 0.25) is 0 Å². The lowest BCUT2D eigenvalue weighted by Gasteiger charge is -2.16. The maximum absolute atomic E-state index is 12.2. The first kappa shape index (κ1) is 18.7. The second-order valence-electron chi connectivity index (χ2n) is 5.89. The van der Waals surface area contributed by atoms with Gasteiger partial charge >= 0.3 is 12.1 Å². The van der Waals surface area contributed by atoms with Gasteiger partial charge in [-0.25, -0.2) is 4.79 Å². The number of ether oxygens (including phenoxy) is 1. The summed E-state index contributed by atoms with van der Waals surface area (Å²) in [7, 11) is 1.75. The van der Waals surface area contributed by atoms with Crippen LogP contribution in [0.15, 0.2) is 63.8 Å². The van der Waals surface area contributed by atoms with Crippen molar-refractivity contribution in [1.82, 2.24) is 14.7 Å². The Labute approximate surface area is 152 Å². The molecule has 0 saturated carbocycles. The van der Waals surface area contributed by atoms with Crippen LogP contribution in [-0.4, -0.2) is 28.1 Å². The van der Waals surface area contributed by atoms with E-state index in [1.54, 1.807) is 24.1 Å². The number of nitrogens with zero attached hydrogens (tertiary/aromatic N) is 3. The first-order valence-electron chi connectivity index (χ1n) is 7.97. The molecule has 0 aliphatic carbocycles. The van der Waals surface area contributed by atoms with Gasteiger partial charge in [-0.2, -0.15) is 4.68 Å². The number of benzene rings is 2. The third-order valence-corrected chi connectivity index (χ3v) is 3.61. The van der Waals surface area contributed by atoms with Crippen LogP contribution in [0.25, 0.3) is 11.5 Å². The van der Waals surface area contributed by atoms with E-state index in [1.165, 1.54) is 28.9 Å². The van der Waals surface area contributed by atoms with Crippen LogP contribution in [0, 0.1) is 0 Å². The van der Waals surface area contributed by atoms with Gasteiger partial charge in [-0.15, -0.1) is 18.3 Å². The van der Waals surface area contributed by atoms with E-state index in [1.807, 2.05) is 18.2 Å². The summed E-state index contributed by atoms with van der Waals surface area (Å²) in [4.78, 5) is 13.7. The third kappa shape index (κ3) is 5.20. The molecule has 9 heteroatoms.